The van der Waals surface area contributed by atoms with Crippen molar-refractivity contribution >= 4 is 23.0 Å². The van der Waals surface area contributed by atoms with E-state index < -0.39 is 5.97 Å². The van der Waals surface area contributed by atoms with Crippen molar-refractivity contribution in [2.24, 2.45) is 0 Å². The van der Waals surface area contributed by atoms with Crippen LogP contribution in [0.5, 0.6) is 0 Å². The molecule has 0 unspecified atom stereocenters. The Morgan fingerprint density at radius 2 is 1.88 bits per heavy atom. The molecule has 16 heavy (non-hydrogen) atoms. The number of carbonyl (C=O) groups is 1. The van der Waals surface area contributed by atoms with Gasteiger partial charge in [-0.1, -0.05) is 0 Å². The van der Waals surface area contributed by atoms with E-state index >= 15 is 0 Å². The molecule has 0 saturated carbocycles. The van der Waals surface area contributed by atoms with E-state index in [-0.39, 0.29) is 0 Å². The van der Waals surface area contributed by atoms with Gasteiger partial charge in [0, 0.05) is 6.54 Å². The highest BCUT2D eigenvalue weighted by Gasteiger charge is 2.11. The van der Waals surface area contributed by atoms with E-state index in [1.165, 1.54) is 0 Å². The van der Waals surface area contributed by atoms with Gasteiger partial charge in [0.25, 0.3) is 0 Å². The molecule has 0 atom stereocenters. The smallest absolute Gasteiger partial charge is 0.338 e. The van der Waals surface area contributed by atoms with E-state index in [0.717, 1.165) is 0 Å². The summed E-state index contributed by atoms with van der Waals surface area (Å²) >= 11 is 0. The number of benzene rings is 1. The van der Waals surface area contributed by atoms with E-state index in [1.54, 1.807) is 19.1 Å². The quantitative estimate of drug-likeness (QED) is 0.531. The van der Waals surface area contributed by atoms with Crippen molar-refractivity contribution in [3.8, 4) is 0 Å². The molecule has 0 aliphatic carbocycles. The SMILES string of the molecule is CCNc1c(N)cc(C(=O)OCC)cc1N. The number of hydrogen-bond acceptors (Lipinski definition) is 5. The lowest BCUT2D eigenvalue weighted by Gasteiger charge is -2.12. The van der Waals surface area contributed by atoms with Gasteiger partial charge in [-0.25, -0.2) is 4.79 Å². The molecular weight excluding hydrogens is 206 g/mol. The van der Waals surface area contributed by atoms with E-state index in [0.29, 0.717) is 35.8 Å². The largest absolute Gasteiger partial charge is 0.462 e. The van der Waals surface area contributed by atoms with E-state index in [1.807, 2.05) is 6.92 Å². The normalized spacial score (nSPS) is 9.88. The number of rotatable bonds is 4. The van der Waals surface area contributed by atoms with Gasteiger partial charge in [-0.3, -0.25) is 0 Å². The maximum absolute atomic E-state index is 11.5. The molecule has 1 aromatic carbocycles. The van der Waals surface area contributed by atoms with Gasteiger partial charge in [-0.2, -0.15) is 0 Å². The van der Waals surface area contributed by atoms with Crippen LogP contribution < -0.4 is 16.8 Å². The van der Waals surface area contributed by atoms with Crippen molar-refractivity contribution in [1.82, 2.24) is 0 Å². The number of esters is 1. The summed E-state index contributed by atoms with van der Waals surface area (Å²) in [5.41, 5.74) is 13.5. The van der Waals surface area contributed by atoms with E-state index in [9.17, 15) is 4.79 Å². The standard InChI is InChI=1S/C11H17N3O2/c1-3-14-10-8(12)5-7(6-9(10)13)11(15)16-4-2/h5-6,14H,3-4,12-13H2,1-2H3. The minimum absolute atomic E-state index is 0.327. The van der Waals surface area contributed by atoms with E-state index in [2.05, 4.69) is 5.32 Å². The van der Waals surface area contributed by atoms with Crippen LogP contribution >= 0.6 is 0 Å². The molecule has 0 amide bonds. The fraction of sp³-hybridized carbons (Fsp3) is 0.364. The highest BCUT2D eigenvalue weighted by atomic mass is 16.5. The zero-order valence-corrected chi connectivity index (χ0v) is 9.54. The molecule has 88 valence electrons. The van der Waals surface area contributed by atoms with Gasteiger partial charge in [0.2, 0.25) is 0 Å². The zero-order chi connectivity index (χ0) is 12.1. The molecular formula is C11H17N3O2. The van der Waals surface area contributed by atoms with Crippen LogP contribution in [0.1, 0.15) is 24.2 Å². The molecule has 1 rings (SSSR count). The summed E-state index contributed by atoms with van der Waals surface area (Å²) in [5, 5.41) is 3.04. The summed E-state index contributed by atoms with van der Waals surface area (Å²) in [6.07, 6.45) is 0. The van der Waals surface area contributed by atoms with Crippen molar-refractivity contribution < 1.29 is 9.53 Å². The van der Waals surface area contributed by atoms with Crippen LogP contribution in [0.2, 0.25) is 0 Å². The Hall–Kier alpha value is -1.91. The van der Waals surface area contributed by atoms with Crippen molar-refractivity contribution in [2.45, 2.75) is 13.8 Å². The Labute approximate surface area is 94.8 Å². The Bertz CT molecular complexity index is 368. The van der Waals surface area contributed by atoms with Crippen molar-refractivity contribution in [2.75, 3.05) is 29.9 Å². The first kappa shape index (κ1) is 12.2. The topological polar surface area (TPSA) is 90.4 Å². The number of nitrogen functional groups attached to an aromatic ring is 2. The Morgan fingerprint density at radius 3 is 2.31 bits per heavy atom. The third kappa shape index (κ3) is 2.56. The van der Waals surface area contributed by atoms with Crippen LogP contribution in [0.4, 0.5) is 17.1 Å². The second kappa shape index (κ2) is 5.25. The summed E-state index contributed by atoms with van der Waals surface area (Å²) in [6, 6.07) is 3.12. The number of hydrogen-bond donors (Lipinski definition) is 3. The molecule has 5 heteroatoms. The summed E-state index contributed by atoms with van der Waals surface area (Å²) in [5.74, 6) is -0.413. The number of ether oxygens (including phenoxy) is 1. The van der Waals surface area contributed by atoms with Crippen LogP contribution in [0.15, 0.2) is 12.1 Å². The molecule has 0 spiro atoms. The lowest BCUT2D eigenvalue weighted by molar-refractivity contribution is 0.0526. The summed E-state index contributed by atoms with van der Waals surface area (Å²) in [6.45, 7) is 4.73. The Balaban J connectivity index is 3.04. The van der Waals surface area contributed by atoms with Crippen molar-refractivity contribution in [1.29, 1.82) is 0 Å². The summed E-state index contributed by atoms with van der Waals surface area (Å²) in [7, 11) is 0. The summed E-state index contributed by atoms with van der Waals surface area (Å²) < 4.78 is 4.87. The zero-order valence-electron chi connectivity index (χ0n) is 9.54. The van der Waals surface area contributed by atoms with Gasteiger partial charge in [-0.15, -0.1) is 0 Å². The second-order valence-corrected chi connectivity index (χ2v) is 3.28. The average Bonchev–Trinajstić information content (AvgIpc) is 2.23. The molecule has 5 N–H and O–H groups in total. The van der Waals surface area contributed by atoms with Crippen LogP contribution in [0.25, 0.3) is 0 Å². The first-order valence-corrected chi connectivity index (χ1v) is 5.20. The summed E-state index contributed by atoms with van der Waals surface area (Å²) in [4.78, 5) is 11.5. The molecule has 5 nitrogen and oxygen atoms in total. The van der Waals surface area contributed by atoms with Gasteiger partial charge < -0.3 is 21.5 Å². The van der Waals surface area contributed by atoms with Gasteiger partial charge >= 0.3 is 5.97 Å². The predicted octanol–water partition coefficient (Wildman–Crippen LogP) is 1.46. The van der Waals surface area contributed by atoms with Crippen LogP contribution in [0, 0.1) is 0 Å². The number of nitrogens with one attached hydrogen (secondary N) is 1. The van der Waals surface area contributed by atoms with Gasteiger partial charge in [0.1, 0.15) is 0 Å². The highest BCUT2D eigenvalue weighted by molar-refractivity contribution is 5.95. The third-order valence-corrected chi connectivity index (χ3v) is 2.06. The van der Waals surface area contributed by atoms with Gasteiger partial charge in [-0.05, 0) is 26.0 Å². The number of carbonyl (C=O) groups excluding carboxylic acids is 1. The Morgan fingerprint density at radius 1 is 1.31 bits per heavy atom. The lowest BCUT2D eigenvalue weighted by atomic mass is 10.1. The number of anilines is 3. The molecule has 0 aliphatic heterocycles. The first-order valence-electron chi connectivity index (χ1n) is 5.20. The molecule has 0 radical (unpaired) electrons. The third-order valence-electron chi connectivity index (χ3n) is 2.06. The molecule has 0 fully saturated rings. The molecule has 0 bridgehead atoms. The Kier molecular flexibility index (Phi) is 3.99. The van der Waals surface area contributed by atoms with Crippen molar-refractivity contribution in [3.63, 3.8) is 0 Å². The maximum Gasteiger partial charge on any atom is 0.338 e. The highest BCUT2D eigenvalue weighted by Crippen LogP contribution is 2.28. The minimum Gasteiger partial charge on any atom is -0.462 e. The average molecular weight is 223 g/mol. The molecule has 0 heterocycles. The molecule has 0 saturated heterocycles. The second-order valence-electron chi connectivity index (χ2n) is 3.28. The minimum atomic E-state index is -0.413. The monoisotopic (exact) mass is 223 g/mol. The predicted molar refractivity (Wildman–Crippen MR) is 65.4 cm³/mol. The van der Waals surface area contributed by atoms with Crippen LogP contribution in [0.3, 0.4) is 0 Å². The molecule has 0 aliphatic rings. The van der Waals surface area contributed by atoms with Gasteiger partial charge in [0.15, 0.2) is 0 Å². The fourth-order valence-electron chi connectivity index (χ4n) is 1.40. The van der Waals surface area contributed by atoms with Crippen LogP contribution in [-0.4, -0.2) is 19.1 Å². The van der Waals surface area contributed by atoms with Gasteiger partial charge in [0.05, 0.1) is 29.2 Å². The first-order chi connectivity index (χ1) is 7.60. The van der Waals surface area contributed by atoms with E-state index in [4.69, 9.17) is 16.2 Å². The van der Waals surface area contributed by atoms with Crippen LogP contribution in [-0.2, 0) is 4.74 Å². The molecule has 1 aromatic rings. The molecule has 0 aromatic heterocycles. The fourth-order valence-corrected chi connectivity index (χ4v) is 1.40. The lowest BCUT2D eigenvalue weighted by Crippen LogP contribution is -2.09. The number of nitrogens with two attached hydrogens (primary N) is 2. The maximum atomic E-state index is 11.5. The van der Waals surface area contributed by atoms with Crippen molar-refractivity contribution in [3.05, 3.63) is 17.7 Å².